The van der Waals surface area contributed by atoms with E-state index >= 15 is 0 Å². The number of aryl methyl sites for hydroxylation is 1. The molecule has 4 rings (SSSR count). The number of benzene rings is 1. The highest BCUT2D eigenvalue weighted by atomic mass is 79.9. The largest absolute Gasteiger partial charge is 0.356 e. The lowest BCUT2D eigenvalue weighted by Crippen LogP contribution is -2.39. The Morgan fingerprint density at radius 1 is 1.00 bits per heavy atom. The van der Waals surface area contributed by atoms with Gasteiger partial charge >= 0.3 is 0 Å². The van der Waals surface area contributed by atoms with Gasteiger partial charge in [0.25, 0.3) is 0 Å². The first-order valence-electron chi connectivity index (χ1n) is 9.32. The van der Waals surface area contributed by atoms with Crippen molar-refractivity contribution < 1.29 is 8.42 Å². The number of hydrogen-bond donors (Lipinski definition) is 0. The molecule has 2 aliphatic heterocycles. The monoisotopic (exact) mass is 450 g/mol. The molecule has 6 nitrogen and oxygen atoms in total. The standard InChI is InChI=1S/C19H23BrN4O2S/c1-14-21-18-9-12-24(27(25,26)16-7-5-15(20)6-8-16)13-17(18)19(22-14)23-10-3-2-4-11-23/h5-8H,2-4,9-13H2,1H3. The third kappa shape index (κ3) is 3.75. The third-order valence-corrected chi connectivity index (χ3v) is 7.61. The molecule has 8 heteroatoms. The van der Waals surface area contributed by atoms with Crippen molar-refractivity contribution >= 4 is 31.8 Å². The van der Waals surface area contributed by atoms with E-state index in [1.54, 1.807) is 28.6 Å². The van der Waals surface area contributed by atoms with Crippen molar-refractivity contribution in [1.29, 1.82) is 0 Å². The van der Waals surface area contributed by atoms with Crippen molar-refractivity contribution in [3.05, 3.63) is 45.8 Å². The van der Waals surface area contributed by atoms with Gasteiger partial charge in [-0.05, 0) is 50.5 Å². The minimum atomic E-state index is -3.54. The Hall–Kier alpha value is -1.51. The van der Waals surface area contributed by atoms with Crippen LogP contribution in [0.2, 0.25) is 0 Å². The van der Waals surface area contributed by atoms with Crippen LogP contribution in [0.5, 0.6) is 0 Å². The van der Waals surface area contributed by atoms with Crippen LogP contribution in [0.25, 0.3) is 0 Å². The molecule has 144 valence electrons. The highest BCUT2D eigenvalue weighted by Crippen LogP contribution is 2.31. The van der Waals surface area contributed by atoms with Crippen LogP contribution in [-0.4, -0.2) is 42.3 Å². The van der Waals surface area contributed by atoms with Crippen molar-refractivity contribution in [3.8, 4) is 0 Å². The fourth-order valence-electron chi connectivity index (χ4n) is 3.82. The number of nitrogens with zero attached hydrogens (tertiary/aromatic N) is 4. The molecule has 0 atom stereocenters. The molecule has 1 aromatic carbocycles. The topological polar surface area (TPSA) is 66.4 Å². The van der Waals surface area contributed by atoms with Crippen LogP contribution < -0.4 is 4.90 Å². The van der Waals surface area contributed by atoms with Crippen LogP contribution in [0.4, 0.5) is 5.82 Å². The maximum Gasteiger partial charge on any atom is 0.243 e. The van der Waals surface area contributed by atoms with E-state index in [-0.39, 0.29) is 0 Å². The first kappa shape index (κ1) is 18.8. The van der Waals surface area contributed by atoms with Crippen molar-refractivity contribution in [2.24, 2.45) is 0 Å². The average Bonchev–Trinajstić information content (AvgIpc) is 2.68. The lowest BCUT2D eigenvalue weighted by Gasteiger charge is -2.34. The molecule has 3 heterocycles. The molecule has 0 saturated carbocycles. The van der Waals surface area contributed by atoms with Gasteiger partial charge in [0.05, 0.1) is 10.6 Å². The molecule has 0 radical (unpaired) electrons. The number of sulfonamides is 1. The van der Waals surface area contributed by atoms with E-state index in [1.807, 2.05) is 6.92 Å². The van der Waals surface area contributed by atoms with Gasteiger partial charge in [-0.2, -0.15) is 4.31 Å². The molecule has 2 aromatic rings. The number of hydrogen-bond acceptors (Lipinski definition) is 5. The van der Waals surface area contributed by atoms with Crippen molar-refractivity contribution in [2.45, 2.75) is 44.0 Å². The smallest absolute Gasteiger partial charge is 0.243 e. The molecule has 1 aromatic heterocycles. The highest BCUT2D eigenvalue weighted by molar-refractivity contribution is 9.10. The summed E-state index contributed by atoms with van der Waals surface area (Å²) >= 11 is 3.36. The van der Waals surface area contributed by atoms with Gasteiger partial charge in [0.1, 0.15) is 11.6 Å². The van der Waals surface area contributed by atoms with E-state index in [4.69, 9.17) is 4.98 Å². The van der Waals surface area contributed by atoms with Crippen LogP contribution >= 0.6 is 15.9 Å². The fraction of sp³-hybridized carbons (Fsp3) is 0.474. The quantitative estimate of drug-likeness (QED) is 0.717. The van der Waals surface area contributed by atoms with Crippen molar-refractivity contribution in [2.75, 3.05) is 24.5 Å². The number of fused-ring (bicyclic) bond motifs is 1. The second kappa shape index (κ2) is 7.48. The lowest BCUT2D eigenvalue weighted by molar-refractivity contribution is 0.385. The number of halogens is 1. The summed E-state index contributed by atoms with van der Waals surface area (Å²) in [5.74, 6) is 1.69. The third-order valence-electron chi connectivity index (χ3n) is 5.22. The Labute approximate surface area is 168 Å². The number of anilines is 1. The van der Waals surface area contributed by atoms with Crippen LogP contribution in [0.3, 0.4) is 0 Å². The van der Waals surface area contributed by atoms with Crippen LogP contribution in [-0.2, 0) is 23.0 Å². The van der Waals surface area contributed by atoms with Gasteiger partial charge in [-0.1, -0.05) is 15.9 Å². The van der Waals surface area contributed by atoms with Crippen LogP contribution in [0.15, 0.2) is 33.6 Å². The van der Waals surface area contributed by atoms with E-state index < -0.39 is 10.0 Å². The predicted molar refractivity (Wildman–Crippen MR) is 108 cm³/mol. The summed E-state index contributed by atoms with van der Waals surface area (Å²) in [4.78, 5) is 11.9. The Kier molecular flexibility index (Phi) is 5.22. The van der Waals surface area contributed by atoms with Crippen molar-refractivity contribution in [1.82, 2.24) is 14.3 Å². The first-order chi connectivity index (χ1) is 12.9. The zero-order chi connectivity index (χ0) is 19.0. The SMILES string of the molecule is Cc1nc2c(c(N3CCCCC3)n1)CN(S(=O)(=O)c1ccc(Br)cc1)CC2. The summed E-state index contributed by atoms with van der Waals surface area (Å²) in [7, 11) is -3.54. The molecule has 1 fully saturated rings. The Balaban J connectivity index is 1.68. The molecular weight excluding hydrogens is 428 g/mol. The minimum Gasteiger partial charge on any atom is -0.356 e. The van der Waals surface area contributed by atoms with E-state index in [1.165, 1.54) is 6.42 Å². The molecule has 1 saturated heterocycles. The Morgan fingerprint density at radius 2 is 1.70 bits per heavy atom. The summed E-state index contributed by atoms with van der Waals surface area (Å²) in [5.41, 5.74) is 1.96. The summed E-state index contributed by atoms with van der Waals surface area (Å²) < 4.78 is 28.7. The summed E-state index contributed by atoms with van der Waals surface area (Å²) in [6, 6.07) is 6.81. The zero-order valence-corrected chi connectivity index (χ0v) is 17.8. The van der Waals surface area contributed by atoms with E-state index in [0.717, 1.165) is 53.3 Å². The maximum absolute atomic E-state index is 13.1. The highest BCUT2D eigenvalue weighted by Gasteiger charge is 2.32. The van der Waals surface area contributed by atoms with Crippen molar-refractivity contribution in [3.63, 3.8) is 0 Å². The molecule has 2 aliphatic rings. The first-order valence-corrected chi connectivity index (χ1v) is 11.6. The number of rotatable bonds is 3. The molecule has 0 amide bonds. The number of piperidine rings is 1. The molecule has 0 bridgehead atoms. The Morgan fingerprint density at radius 3 is 2.41 bits per heavy atom. The van der Waals surface area contributed by atoms with Gasteiger partial charge < -0.3 is 4.90 Å². The second-order valence-electron chi connectivity index (χ2n) is 7.11. The van der Waals surface area contributed by atoms with E-state index in [0.29, 0.717) is 24.4 Å². The van der Waals surface area contributed by atoms with Gasteiger partial charge in [-0.25, -0.2) is 18.4 Å². The average molecular weight is 451 g/mol. The minimum absolute atomic E-state index is 0.321. The van der Waals surface area contributed by atoms with E-state index in [9.17, 15) is 8.42 Å². The zero-order valence-electron chi connectivity index (χ0n) is 15.4. The van der Waals surface area contributed by atoms with Gasteiger partial charge in [0.2, 0.25) is 10.0 Å². The van der Waals surface area contributed by atoms with E-state index in [2.05, 4.69) is 25.8 Å². The maximum atomic E-state index is 13.1. The summed E-state index contributed by atoms with van der Waals surface area (Å²) in [5, 5.41) is 0. The summed E-state index contributed by atoms with van der Waals surface area (Å²) in [6.45, 7) is 4.64. The normalized spacial score (nSPS) is 18.4. The fourth-order valence-corrected chi connectivity index (χ4v) is 5.49. The van der Waals surface area contributed by atoms with Gasteiger partial charge in [0, 0.05) is 42.6 Å². The van der Waals surface area contributed by atoms with Crippen LogP contribution in [0, 0.1) is 6.92 Å². The second-order valence-corrected chi connectivity index (χ2v) is 9.96. The molecule has 0 aliphatic carbocycles. The lowest BCUT2D eigenvalue weighted by atomic mass is 10.1. The molecule has 27 heavy (non-hydrogen) atoms. The molecule has 0 unspecified atom stereocenters. The Bertz CT molecular complexity index is 941. The number of aromatic nitrogens is 2. The predicted octanol–water partition coefficient (Wildman–Crippen LogP) is 3.28. The molecule has 0 spiro atoms. The molecular formula is C19H23BrN4O2S. The van der Waals surface area contributed by atoms with Gasteiger partial charge in [-0.15, -0.1) is 0 Å². The van der Waals surface area contributed by atoms with Crippen LogP contribution in [0.1, 0.15) is 36.3 Å². The van der Waals surface area contributed by atoms with Gasteiger partial charge in [0.15, 0.2) is 0 Å². The van der Waals surface area contributed by atoms with Gasteiger partial charge in [-0.3, -0.25) is 0 Å². The molecule has 0 N–H and O–H groups in total. The summed E-state index contributed by atoms with van der Waals surface area (Å²) in [6.07, 6.45) is 4.17.